The number of hydrogen-bond donors (Lipinski definition) is 2. The molecular formula is C30H44O6Si. The summed E-state index contributed by atoms with van der Waals surface area (Å²) in [4.78, 5) is 24.2. The molecule has 0 bridgehead atoms. The lowest BCUT2D eigenvalue weighted by molar-refractivity contribution is 0.0487. The summed E-state index contributed by atoms with van der Waals surface area (Å²) in [5.41, 5.74) is 0.302. The maximum atomic E-state index is 12.1. The summed E-state index contributed by atoms with van der Waals surface area (Å²) in [7, 11) is -1.32. The molecule has 6 nitrogen and oxygen atoms in total. The number of hydrogen-bond acceptors (Lipinski definition) is 6. The lowest BCUT2D eigenvalue weighted by Crippen LogP contribution is -2.31. The number of benzene rings is 2. The zero-order valence-corrected chi connectivity index (χ0v) is 24.3. The van der Waals surface area contributed by atoms with Gasteiger partial charge in [-0.3, -0.25) is 9.59 Å². The van der Waals surface area contributed by atoms with Gasteiger partial charge in [0.1, 0.15) is 11.2 Å². The highest BCUT2D eigenvalue weighted by Gasteiger charge is 2.26. The molecule has 204 valence electrons. The van der Waals surface area contributed by atoms with E-state index < -0.39 is 19.3 Å². The van der Waals surface area contributed by atoms with Crippen molar-refractivity contribution in [3.05, 3.63) is 70.8 Å². The first-order valence-corrected chi connectivity index (χ1v) is 16.5. The molecule has 0 atom stereocenters. The summed E-state index contributed by atoms with van der Waals surface area (Å²) >= 11 is 0. The number of aliphatic hydroxyl groups is 2. The van der Waals surface area contributed by atoms with E-state index in [0.717, 1.165) is 24.0 Å². The standard InChI is InChI=1S/C30H44O6Si/c1-29(2,33)27(31)25-13-9-23(10-14-25)21-35-17-7-19-37(5,6)20-8-18-36-22-24-11-15-26(16-12-24)28(32)30(3,4)34/h9-16,33-34H,7-8,17-22H2,1-6H3. The van der Waals surface area contributed by atoms with Crippen LogP contribution in [-0.4, -0.2) is 54.3 Å². The summed E-state index contributed by atoms with van der Waals surface area (Å²) in [5, 5.41) is 19.7. The van der Waals surface area contributed by atoms with Crippen molar-refractivity contribution < 1.29 is 29.3 Å². The van der Waals surface area contributed by atoms with Crippen LogP contribution in [0.2, 0.25) is 25.2 Å². The first-order valence-electron chi connectivity index (χ1n) is 13.1. The van der Waals surface area contributed by atoms with Gasteiger partial charge in [0.25, 0.3) is 0 Å². The van der Waals surface area contributed by atoms with Gasteiger partial charge >= 0.3 is 0 Å². The number of carbonyl (C=O) groups excluding carboxylic acids is 2. The molecule has 37 heavy (non-hydrogen) atoms. The fraction of sp³-hybridized carbons (Fsp3) is 0.533. The molecule has 0 aliphatic rings. The summed E-state index contributed by atoms with van der Waals surface area (Å²) in [6, 6.07) is 16.9. The van der Waals surface area contributed by atoms with E-state index in [-0.39, 0.29) is 11.6 Å². The first-order chi connectivity index (χ1) is 17.2. The monoisotopic (exact) mass is 528 g/mol. The van der Waals surface area contributed by atoms with Crippen molar-refractivity contribution in [1.82, 2.24) is 0 Å². The van der Waals surface area contributed by atoms with Crippen LogP contribution in [0.4, 0.5) is 0 Å². The van der Waals surface area contributed by atoms with Gasteiger partial charge in [-0.05, 0) is 51.7 Å². The van der Waals surface area contributed by atoms with Gasteiger partial charge in [0, 0.05) is 32.4 Å². The summed E-state index contributed by atoms with van der Waals surface area (Å²) in [6.07, 6.45) is 2.07. The van der Waals surface area contributed by atoms with E-state index in [0.29, 0.717) is 37.6 Å². The Bertz CT molecular complexity index is 917. The van der Waals surface area contributed by atoms with Crippen LogP contribution in [-0.2, 0) is 22.7 Å². The van der Waals surface area contributed by atoms with Gasteiger partial charge in [-0.1, -0.05) is 73.7 Å². The van der Waals surface area contributed by atoms with E-state index in [1.807, 2.05) is 24.3 Å². The zero-order chi connectivity index (χ0) is 27.7. The topological polar surface area (TPSA) is 93.1 Å². The van der Waals surface area contributed by atoms with Crippen molar-refractivity contribution in [2.24, 2.45) is 0 Å². The molecule has 0 radical (unpaired) electrons. The van der Waals surface area contributed by atoms with Gasteiger partial charge in [-0.15, -0.1) is 0 Å². The normalized spacial score (nSPS) is 12.5. The average molecular weight is 529 g/mol. The van der Waals surface area contributed by atoms with Crippen molar-refractivity contribution >= 4 is 19.6 Å². The lowest BCUT2D eigenvalue weighted by atomic mass is 9.96. The minimum Gasteiger partial charge on any atom is -0.382 e. The molecule has 2 N–H and O–H groups in total. The summed E-state index contributed by atoms with van der Waals surface area (Å²) in [6.45, 7) is 13.2. The number of carbonyl (C=O) groups is 2. The number of ether oxygens (including phenoxy) is 2. The van der Waals surface area contributed by atoms with Crippen molar-refractivity contribution in [3.8, 4) is 0 Å². The van der Waals surface area contributed by atoms with Crippen LogP contribution in [0, 0.1) is 0 Å². The highest BCUT2D eigenvalue weighted by Crippen LogP contribution is 2.20. The van der Waals surface area contributed by atoms with Crippen molar-refractivity contribution in [2.75, 3.05) is 13.2 Å². The highest BCUT2D eigenvalue weighted by atomic mass is 28.3. The Morgan fingerprint density at radius 2 is 1.00 bits per heavy atom. The first kappa shape index (κ1) is 31.1. The molecular weight excluding hydrogens is 484 g/mol. The quantitative estimate of drug-likeness (QED) is 0.162. The predicted molar refractivity (Wildman–Crippen MR) is 150 cm³/mol. The molecule has 0 heterocycles. The van der Waals surface area contributed by atoms with E-state index in [2.05, 4.69) is 13.1 Å². The lowest BCUT2D eigenvalue weighted by Gasteiger charge is -2.22. The molecule has 0 unspecified atom stereocenters. The minimum absolute atomic E-state index is 0.285. The molecule has 2 rings (SSSR count). The second-order valence-corrected chi connectivity index (χ2v) is 17.0. The zero-order valence-electron chi connectivity index (χ0n) is 23.3. The third-order valence-corrected chi connectivity index (χ3v) is 9.78. The summed E-state index contributed by atoms with van der Waals surface area (Å²) < 4.78 is 11.7. The Labute approximate surface area is 223 Å². The van der Waals surface area contributed by atoms with Crippen molar-refractivity contribution in [2.45, 2.75) is 90.1 Å². The number of rotatable bonds is 16. The van der Waals surface area contributed by atoms with Gasteiger partial charge in [0.2, 0.25) is 0 Å². The molecule has 7 heteroatoms. The van der Waals surface area contributed by atoms with Crippen LogP contribution in [0.5, 0.6) is 0 Å². The van der Waals surface area contributed by atoms with E-state index in [1.165, 1.54) is 39.8 Å². The Balaban J connectivity index is 1.60. The SMILES string of the molecule is CC(C)(O)C(=O)c1ccc(COCCC[Si](C)(C)CCCOCc2ccc(C(=O)C(C)(C)O)cc2)cc1. The molecule has 0 amide bonds. The van der Waals surface area contributed by atoms with Crippen molar-refractivity contribution in [3.63, 3.8) is 0 Å². The molecule has 0 spiro atoms. The maximum Gasteiger partial charge on any atom is 0.193 e. The largest absolute Gasteiger partial charge is 0.382 e. The highest BCUT2D eigenvalue weighted by molar-refractivity contribution is 6.77. The smallest absolute Gasteiger partial charge is 0.193 e. The van der Waals surface area contributed by atoms with Gasteiger partial charge in [0.05, 0.1) is 13.2 Å². The number of Topliss-reactive ketones (excluding diaryl/α,β-unsaturated/α-hetero) is 2. The fourth-order valence-electron chi connectivity index (χ4n) is 4.02. The fourth-order valence-corrected chi connectivity index (χ4v) is 6.47. The Morgan fingerprint density at radius 1 is 0.676 bits per heavy atom. The molecule has 0 aliphatic heterocycles. The average Bonchev–Trinajstić information content (AvgIpc) is 2.82. The van der Waals surface area contributed by atoms with Gasteiger partial charge in [-0.25, -0.2) is 0 Å². The van der Waals surface area contributed by atoms with E-state index >= 15 is 0 Å². The minimum atomic E-state index is -1.37. The molecule has 2 aromatic carbocycles. The summed E-state index contributed by atoms with van der Waals surface area (Å²) in [5.74, 6) is -0.570. The van der Waals surface area contributed by atoms with E-state index in [9.17, 15) is 19.8 Å². The van der Waals surface area contributed by atoms with E-state index in [4.69, 9.17) is 9.47 Å². The Morgan fingerprint density at radius 3 is 1.30 bits per heavy atom. The molecule has 2 aromatic rings. The molecule has 0 saturated heterocycles. The van der Waals surface area contributed by atoms with Crippen LogP contribution >= 0.6 is 0 Å². The number of ketones is 2. The second-order valence-electron chi connectivity index (χ2n) is 11.6. The van der Waals surface area contributed by atoms with Crippen LogP contribution in [0.3, 0.4) is 0 Å². The Kier molecular flexibility index (Phi) is 11.4. The van der Waals surface area contributed by atoms with Crippen molar-refractivity contribution in [1.29, 1.82) is 0 Å². The van der Waals surface area contributed by atoms with Crippen LogP contribution in [0.15, 0.2) is 48.5 Å². The third-order valence-electron chi connectivity index (χ3n) is 6.37. The second kappa shape index (κ2) is 13.6. The van der Waals surface area contributed by atoms with Gasteiger partial charge in [-0.2, -0.15) is 0 Å². The van der Waals surface area contributed by atoms with Gasteiger partial charge < -0.3 is 19.7 Å². The maximum absolute atomic E-state index is 12.1. The van der Waals surface area contributed by atoms with Crippen LogP contribution < -0.4 is 0 Å². The van der Waals surface area contributed by atoms with Crippen LogP contribution in [0.25, 0.3) is 0 Å². The van der Waals surface area contributed by atoms with Gasteiger partial charge in [0.15, 0.2) is 11.6 Å². The molecule has 0 aromatic heterocycles. The Hall–Kier alpha value is -2.16. The third kappa shape index (κ3) is 11.0. The van der Waals surface area contributed by atoms with E-state index in [1.54, 1.807) is 24.3 Å². The predicted octanol–water partition coefficient (Wildman–Crippen LogP) is 5.82. The molecule has 0 aliphatic carbocycles. The van der Waals surface area contributed by atoms with Crippen LogP contribution in [0.1, 0.15) is 72.4 Å². The molecule has 0 saturated carbocycles. The molecule has 0 fully saturated rings.